The van der Waals surface area contributed by atoms with E-state index in [9.17, 15) is 9.18 Å². The number of aliphatic imine (C=N–C) groups is 1. The second-order valence-corrected chi connectivity index (χ2v) is 9.73. The fourth-order valence-electron chi connectivity index (χ4n) is 5.33. The van der Waals surface area contributed by atoms with Gasteiger partial charge in [0.05, 0.1) is 29.6 Å². The molecule has 2 heterocycles. The minimum absolute atomic E-state index is 0.0791. The monoisotopic (exact) mass is 477 g/mol. The average molecular weight is 478 g/mol. The number of nitrogens with zero attached hydrogens (tertiary/aromatic N) is 2. The standard InChI is InChI=1S/C27H32FN5O2/c1-33-12-7-19(8-13-33)30-23-15-17(14-20-25(23)32-26(34)27(20)9-3-10-27)21(6-11-29)31-22-5-4-18(28)16-24(22)35-2/h4-6,11,14-16,19,30H,3,7-10,12-13,29H2,1-2H3,(H,32,34). The van der Waals surface area contributed by atoms with Gasteiger partial charge in [-0.15, -0.1) is 0 Å². The van der Waals surface area contributed by atoms with Crippen molar-refractivity contribution in [2.75, 3.05) is 37.9 Å². The van der Waals surface area contributed by atoms with Crippen LogP contribution in [0.4, 0.5) is 21.5 Å². The highest BCUT2D eigenvalue weighted by atomic mass is 19.1. The number of carbonyl (C=O) groups excluding carboxylic acids is 1. The summed E-state index contributed by atoms with van der Waals surface area (Å²) in [4.78, 5) is 20.2. The molecule has 1 spiro atoms. The molecule has 0 radical (unpaired) electrons. The van der Waals surface area contributed by atoms with E-state index in [0.29, 0.717) is 23.2 Å². The zero-order valence-corrected chi connectivity index (χ0v) is 20.2. The Morgan fingerprint density at radius 2 is 2.06 bits per heavy atom. The van der Waals surface area contributed by atoms with Gasteiger partial charge in [0.15, 0.2) is 0 Å². The van der Waals surface area contributed by atoms with E-state index in [0.717, 1.165) is 67.7 Å². The molecule has 0 unspecified atom stereocenters. The van der Waals surface area contributed by atoms with Gasteiger partial charge in [-0.2, -0.15) is 0 Å². The van der Waals surface area contributed by atoms with Gasteiger partial charge in [-0.25, -0.2) is 9.38 Å². The number of likely N-dealkylation sites (tertiary alicyclic amines) is 1. The Balaban J connectivity index is 1.60. The van der Waals surface area contributed by atoms with Gasteiger partial charge in [-0.3, -0.25) is 4.79 Å². The summed E-state index contributed by atoms with van der Waals surface area (Å²) in [5.41, 5.74) is 10.1. The van der Waals surface area contributed by atoms with Crippen molar-refractivity contribution in [1.29, 1.82) is 0 Å². The summed E-state index contributed by atoms with van der Waals surface area (Å²) in [6.07, 6.45) is 7.94. The lowest BCUT2D eigenvalue weighted by molar-refractivity contribution is -0.123. The number of carbonyl (C=O) groups is 1. The van der Waals surface area contributed by atoms with Crippen LogP contribution in [0.15, 0.2) is 47.6 Å². The van der Waals surface area contributed by atoms with Gasteiger partial charge < -0.3 is 26.0 Å². The van der Waals surface area contributed by atoms with E-state index in [-0.39, 0.29) is 5.91 Å². The molecule has 5 rings (SSSR count). The predicted molar refractivity (Wildman–Crippen MR) is 137 cm³/mol. The minimum atomic E-state index is -0.473. The number of nitrogens with one attached hydrogen (secondary N) is 2. The topological polar surface area (TPSA) is 92.0 Å². The van der Waals surface area contributed by atoms with Gasteiger partial charge in [0.25, 0.3) is 0 Å². The number of anilines is 2. The summed E-state index contributed by atoms with van der Waals surface area (Å²) in [5.74, 6) is 0.0248. The van der Waals surface area contributed by atoms with Crippen molar-refractivity contribution in [3.63, 3.8) is 0 Å². The molecule has 2 aromatic carbocycles. The number of allylic oxidation sites excluding steroid dienone is 1. The molecule has 2 aliphatic heterocycles. The molecule has 0 atom stereocenters. The van der Waals surface area contributed by atoms with E-state index in [4.69, 9.17) is 15.5 Å². The van der Waals surface area contributed by atoms with Crippen LogP contribution in [0.1, 0.15) is 43.2 Å². The number of ether oxygens (including phenoxy) is 1. The van der Waals surface area contributed by atoms with Gasteiger partial charge in [0.2, 0.25) is 5.91 Å². The van der Waals surface area contributed by atoms with Crippen molar-refractivity contribution >= 4 is 28.7 Å². The van der Waals surface area contributed by atoms with Crippen LogP contribution in [0.25, 0.3) is 0 Å². The largest absolute Gasteiger partial charge is 0.494 e. The Kier molecular flexibility index (Phi) is 6.23. The van der Waals surface area contributed by atoms with Crippen LogP contribution in [0.2, 0.25) is 0 Å². The van der Waals surface area contributed by atoms with Crippen molar-refractivity contribution < 1.29 is 13.9 Å². The summed E-state index contributed by atoms with van der Waals surface area (Å²) < 4.78 is 19.1. The van der Waals surface area contributed by atoms with E-state index in [1.807, 2.05) is 6.07 Å². The van der Waals surface area contributed by atoms with Crippen LogP contribution < -0.4 is 21.1 Å². The quantitative estimate of drug-likeness (QED) is 0.540. The minimum Gasteiger partial charge on any atom is -0.494 e. The molecule has 1 saturated carbocycles. The molecule has 2 fully saturated rings. The maximum atomic E-state index is 13.7. The molecule has 0 bridgehead atoms. The summed E-state index contributed by atoms with van der Waals surface area (Å²) >= 11 is 0. The molecule has 3 aliphatic rings. The third-order valence-corrected chi connectivity index (χ3v) is 7.54. The number of amides is 1. The zero-order chi connectivity index (χ0) is 24.6. The van der Waals surface area contributed by atoms with Crippen LogP contribution in [0, 0.1) is 5.82 Å². The Labute approximate surface area is 205 Å². The van der Waals surface area contributed by atoms with Crippen LogP contribution in [-0.4, -0.2) is 49.8 Å². The van der Waals surface area contributed by atoms with Crippen molar-refractivity contribution in [2.45, 2.75) is 43.6 Å². The zero-order valence-electron chi connectivity index (χ0n) is 20.2. The summed E-state index contributed by atoms with van der Waals surface area (Å²) in [6, 6.07) is 8.66. The fourth-order valence-corrected chi connectivity index (χ4v) is 5.33. The summed E-state index contributed by atoms with van der Waals surface area (Å²) in [7, 11) is 3.63. The van der Waals surface area contributed by atoms with Gasteiger partial charge in [0.1, 0.15) is 17.3 Å². The molecule has 4 N–H and O–H groups in total. The molecule has 1 amide bonds. The second-order valence-electron chi connectivity index (χ2n) is 9.73. The normalized spacial score (nSPS) is 20.1. The van der Waals surface area contributed by atoms with Gasteiger partial charge >= 0.3 is 0 Å². The van der Waals surface area contributed by atoms with Gasteiger partial charge in [-0.05, 0) is 87.9 Å². The van der Waals surface area contributed by atoms with E-state index in [2.05, 4.69) is 28.6 Å². The molecular formula is C27H32FN5O2. The first-order chi connectivity index (χ1) is 16.9. The molecule has 1 aliphatic carbocycles. The highest BCUT2D eigenvalue weighted by molar-refractivity contribution is 6.15. The molecule has 8 heteroatoms. The number of fused-ring (bicyclic) bond motifs is 2. The van der Waals surface area contributed by atoms with Crippen molar-refractivity contribution in [3.05, 3.63) is 59.6 Å². The molecule has 0 aromatic heterocycles. The number of benzene rings is 2. The molecule has 7 nitrogen and oxygen atoms in total. The van der Waals surface area contributed by atoms with Crippen LogP contribution in [0.5, 0.6) is 5.75 Å². The number of hydrogen-bond acceptors (Lipinski definition) is 6. The second kappa shape index (κ2) is 9.34. The number of hydrogen-bond donors (Lipinski definition) is 3. The average Bonchev–Trinajstić information content (AvgIpc) is 3.13. The summed E-state index contributed by atoms with van der Waals surface area (Å²) in [6.45, 7) is 2.06. The Bertz CT molecular complexity index is 1200. The lowest BCUT2D eigenvalue weighted by atomic mass is 9.65. The number of piperidine rings is 1. The maximum absolute atomic E-state index is 13.7. The van der Waals surface area contributed by atoms with Crippen LogP contribution in [0.3, 0.4) is 0 Å². The maximum Gasteiger partial charge on any atom is 0.235 e. The number of rotatable bonds is 6. The Morgan fingerprint density at radius 1 is 1.29 bits per heavy atom. The molecule has 1 saturated heterocycles. The number of nitrogens with two attached hydrogens (primary N) is 1. The fraction of sp³-hybridized carbons (Fsp3) is 0.407. The van der Waals surface area contributed by atoms with Crippen molar-refractivity contribution in [3.8, 4) is 5.75 Å². The SMILES string of the molecule is COc1cc(F)ccc1N=C(C=CN)c1cc(NC2CCN(C)CC2)c2c(c1)C1(CCC1)C(=O)N2. The first kappa shape index (κ1) is 23.4. The van der Waals surface area contributed by atoms with Gasteiger partial charge in [0, 0.05) is 17.7 Å². The predicted octanol–water partition coefficient (Wildman–Crippen LogP) is 4.31. The first-order valence-electron chi connectivity index (χ1n) is 12.2. The first-order valence-corrected chi connectivity index (χ1v) is 12.2. The molecular weight excluding hydrogens is 445 g/mol. The highest BCUT2D eigenvalue weighted by Crippen LogP contribution is 2.53. The van der Waals surface area contributed by atoms with E-state index in [1.165, 1.54) is 25.4 Å². The van der Waals surface area contributed by atoms with E-state index < -0.39 is 11.2 Å². The number of methoxy groups -OCH3 is 1. The highest BCUT2D eigenvalue weighted by Gasteiger charge is 2.52. The van der Waals surface area contributed by atoms with Crippen LogP contribution >= 0.6 is 0 Å². The molecule has 2 aromatic rings. The third-order valence-electron chi connectivity index (χ3n) is 7.54. The number of halogens is 1. The summed E-state index contributed by atoms with van der Waals surface area (Å²) in [5, 5.41) is 6.89. The smallest absolute Gasteiger partial charge is 0.235 e. The third kappa shape index (κ3) is 4.27. The Hall–Kier alpha value is -3.39. The van der Waals surface area contributed by atoms with E-state index in [1.54, 1.807) is 12.1 Å². The van der Waals surface area contributed by atoms with E-state index >= 15 is 0 Å². The lowest BCUT2D eigenvalue weighted by Crippen LogP contribution is -2.40. The van der Waals surface area contributed by atoms with Gasteiger partial charge in [-0.1, -0.05) is 6.42 Å². The Morgan fingerprint density at radius 3 is 2.71 bits per heavy atom. The molecule has 35 heavy (non-hydrogen) atoms. The lowest BCUT2D eigenvalue weighted by Gasteiger charge is -2.36. The van der Waals surface area contributed by atoms with Crippen molar-refractivity contribution in [2.24, 2.45) is 10.7 Å². The van der Waals surface area contributed by atoms with Crippen molar-refractivity contribution in [1.82, 2.24) is 4.90 Å². The molecule has 184 valence electrons. The van der Waals surface area contributed by atoms with Crippen LogP contribution in [-0.2, 0) is 10.2 Å².